The normalized spacial score (nSPS) is 21.0. The number of hydrogen-bond donors (Lipinski definition) is 0. The van der Waals surface area contributed by atoms with Crippen LogP contribution in [0.4, 0.5) is 0 Å². The number of nitrogens with zero attached hydrogens (tertiary/aromatic N) is 4. The minimum absolute atomic E-state index is 0.0627. The molecule has 2 aliphatic rings. The molecule has 7 nitrogen and oxygen atoms in total. The molecule has 9 heteroatoms. The Kier molecular flexibility index (Phi) is 5.32. The van der Waals surface area contributed by atoms with Crippen LogP contribution in [0.3, 0.4) is 0 Å². The summed E-state index contributed by atoms with van der Waals surface area (Å²) in [4.78, 5) is 20.5. The van der Waals surface area contributed by atoms with Crippen LogP contribution in [0.1, 0.15) is 36.4 Å². The van der Waals surface area contributed by atoms with E-state index in [0.717, 1.165) is 30.0 Å². The van der Waals surface area contributed by atoms with E-state index in [1.54, 1.807) is 12.3 Å². The SMILES string of the molecule is Cc1ccc(S(=O)(=O)N2CCC[C@@H](C(=O)N(Cc3nccn3C)C3CC3)C2)s1. The standard InChI is InChI=1S/C19H26N4O3S2/c1-14-5-8-18(27-14)28(25,26)22-10-3-4-15(12-22)19(24)23(16-6-7-16)13-17-20-9-11-21(17)2/h5,8-9,11,15-16H,3-4,6-7,10,12-13H2,1-2H3/t15-/m1/s1. The Morgan fingerprint density at radius 3 is 2.71 bits per heavy atom. The van der Waals surface area contributed by atoms with Gasteiger partial charge in [0.05, 0.1) is 12.5 Å². The second-order valence-corrected chi connectivity index (χ2v) is 11.2. The van der Waals surface area contributed by atoms with Crippen molar-refractivity contribution in [1.82, 2.24) is 18.8 Å². The molecule has 28 heavy (non-hydrogen) atoms. The van der Waals surface area contributed by atoms with Gasteiger partial charge in [-0.1, -0.05) is 0 Å². The van der Waals surface area contributed by atoms with Crippen LogP contribution in [0, 0.1) is 12.8 Å². The number of sulfonamides is 1. The van der Waals surface area contributed by atoms with Crippen molar-refractivity contribution < 1.29 is 13.2 Å². The average Bonchev–Trinajstić information content (AvgIpc) is 3.30. The number of hydrogen-bond acceptors (Lipinski definition) is 5. The van der Waals surface area contributed by atoms with Gasteiger partial charge in [-0.25, -0.2) is 13.4 Å². The number of imidazole rings is 1. The summed E-state index contributed by atoms with van der Waals surface area (Å²) in [6.07, 6.45) is 7.09. The van der Waals surface area contributed by atoms with Gasteiger partial charge in [0.15, 0.2) is 0 Å². The van der Waals surface area contributed by atoms with Crippen molar-refractivity contribution in [1.29, 1.82) is 0 Å². The van der Waals surface area contributed by atoms with Gasteiger partial charge in [-0.15, -0.1) is 11.3 Å². The molecule has 0 N–H and O–H groups in total. The number of carbonyl (C=O) groups excluding carboxylic acids is 1. The predicted molar refractivity (Wildman–Crippen MR) is 107 cm³/mol. The van der Waals surface area contributed by atoms with E-state index in [-0.39, 0.29) is 24.4 Å². The number of aryl methyl sites for hydroxylation is 2. The fourth-order valence-electron chi connectivity index (χ4n) is 3.75. The summed E-state index contributed by atoms with van der Waals surface area (Å²) in [7, 11) is -1.60. The molecule has 1 aliphatic carbocycles. The third-order valence-corrected chi connectivity index (χ3v) is 8.88. The van der Waals surface area contributed by atoms with Crippen LogP contribution < -0.4 is 0 Å². The number of aromatic nitrogens is 2. The molecule has 1 saturated carbocycles. The van der Waals surface area contributed by atoms with Crippen LogP contribution in [0.2, 0.25) is 0 Å². The van der Waals surface area contributed by atoms with Gasteiger partial charge < -0.3 is 9.47 Å². The van der Waals surface area contributed by atoms with Crippen molar-refractivity contribution in [3.8, 4) is 0 Å². The molecule has 1 atom stereocenters. The minimum atomic E-state index is -3.53. The fourth-order valence-corrected chi connectivity index (χ4v) is 6.71. The van der Waals surface area contributed by atoms with Crippen LogP contribution in [0.15, 0.2) is 28.7 Å². The number of rotatable bonds is 6. The molecule has 2 aromatic heterocycles. The van der Waals surface area contributed by atoms with Gasteiger partial charge in [-0.3, -0.25) is 4.79 Å². The Morgan fingerprint density at radius 1 is 1.32 bits per heavy atom. The largest absolute Gasteiger partial charge is 0.337 e. The van der Waals surface area contributed by atoms with E-state index in [1.165, 1.54) is 15.6 Å². The Morgan fingerprint density at radius 2 is 2.11 bits per heavy atom. The molecule has 0 unspecified atom stereocenters. The van der Waals surface area contributed by atoms with Crippen LogP contribution >= 0.6 is 11.3 Å². The van der Waals surface area contributed by atoms with Crippen molar-refractivity contribution in [3.05, 3.63) is 35.2 Å². The molecule has 1 saturated heterocycles. The maximum atomic E-state index is 13.3. The number of amides is 1. The third-order valence-electron chi connectivity index (χ3n) is 5.55. The third kappa shape index (κ3) is 3.88. The Balaban J connectivity index is 1.50. The quantitative estimate of drug-likeness (QED) is 0.716. The molecule has 1 amide bonds. The van der Waals surface area contributed by atoms with Crippen molar-refractivity contribution in [2.45, 2.75) is 49.4 Å². The maximum Gasteiger partial charge on any atom is 0.252 e. The minimum Gasteiger partial charge on any atom is -0.337 e. The van der Waals surface area contributed by atoms with Crippen molar-refractivity contribution in [2.75, 3.05) is 13.1 Å². The average molecular weight is 423 g/mol. The summed E-state index contributed by atoms with van der Waals surface area (Å²) in [5.74, 6) is 0.632. The van der Waals surface area contributed by atoms with Gasteiger partial charge in [0.2, 0.25) is 5.91 Å². The molecular formula is C19H26N4O3S2. The first-order chi connectivity index (χ1) is 13.4. The van der Waals surface area contributed by atoms with Crippen LogP contribution in [-0.2, 0) is 28.4 Å². The van der Waals surface area contributed by atoms with Gasteiger partial charge in [0.25, 0.3) is 10.0 Å². The highest BCUT2D eigenvalue weighted by atomic mass is 32.2. The summed E-state index contributed by atoms with van der Waals surface area (Å²) >= 11 is 1.29. The Labute approximate surface area is 170 Å². The molecule has 4 rings (SSSR count). The lowest BCUT2D eigenvalue weighted by molar-refractivity contribution is -0.138. The van der Waals surface area contributed by atoms with E-state index in [2.05, 4.69) is 4.98 Å². The maximum absolute atomic E-state index is 13.3. The van der Waals surface area contributed by atoms with Crippen LogP contribution in [0.5, 0.6) is 0 Å². The molecule has 0 bridgehead atoms. The van der Waals surface area contributed by atoms with Gasteiger partial charge in [0.1, 0.15) is 10.0 Å². The second kappa shape index (κ2) is 7.61. The van der Waals surface area contributed by atoms with E-state index < -0.39 is 10.0 Å². The molecule has 152 valence electrons. The summed E-state index contributed by atoms with van der Waals surface area (Å²) in [5.41, 5.74) is 0. The van der Waals surface area contributed by atoms with E-state index in [9.17, 15) is 13.2 Å². The Hall–Kier alpha value is -1.71. The first kappa shape index (κ1) is 19.6. The summed E-state index contributed by atoms with van der Waals surface area (Å²) in [5, 5.41) is 0. The monoisotopic (exact) mass is 422 g/mol. The molecule has 1 aliphatic heterocycles. The lowest BCUT2D eigenvalue weighted by atomic mass is 9.98. The van der Waals surface area contributed by atoms with Gasteiger partial charge in [-0.2, -0.15) is 4.31 Å². The summed E-state index contributed by atoms with van der Waals surface area (Å²) in [6, 6.07) is 3.75. The highest BCUT2D eigenvalue weighted by Crippen LogP contribution is 2.33. The van der Waals surface area contributed by atoms with Crippen molar-refractivity contribution >= 4 is 27.3 Å². The number of piperidine rings is 1. The highest BCUT2D eigenvalue weighted by Gasteiger charge is 2.40. The van der Waals surface area contributed by atoms with Crippen molar-refractivity contribution in [2.24, 2.45) is 13.0 Å². The van der Waals surface area contributed by atoms with Gasteiger partial charge >= 0.3 is 0 Å². The van der Waals surface area contributed by atoms with E-state index in [4.69, 9.17) is 0 Å². The zero-order chi connectivity index (χ0) is 19.9. The molecule has 0 aromatic carbocycles. The van der Waals surface area contributed by atoms with Gasteiger partial charge in [-0.05, 0) is 44.7 Å². The molecule has 0 radical (unpaired) electrons. The summed E-state index contributed by atoms with van der Waals surface area (Å²) < 4.78 is 29.8. The summed E-state index contributed by atoms with van der Waals surface area (Å²) in [6.45, 7) is 3.13. The molecular weight excluding hydrogens is 396 g/mol. The van der Waals surface area contributed by atoms with E-state index >= 15 is 0 Å². The first-order valence-electron chi connectivity index (χ1n) is 9.69. The van der Waals surface area contributed by atoms with Gasteiger partial charge in [0, 0.05) is 43.4 Å². The first-order valence-corrected chi connectivity index (χ1v) is 11.9. The number of carbonyl (C=O) groups is 1. The van der Waals surface area contributed by atoms with E-state index in [1.807, 2.05) is 35.7 Å². The zero-order valence-electron chi connectivity index (χ0n) is 16.2. The smallest absolute Gasteiger partial charge is 0.252 e. The lowest BCUT2D eigenvalue weighted by Gasteiger charge is -2.34. The highest BCUT2D eigenvalue weighted by molar-refractivity contribution is 7.91. The second-order valence-electron chi connectivity index (χ2n) is 7.72. The fraction of sp³-hybridized carbons (Fsp3) is 0.579. The van der Waals surface area contributed by atoms with Crippen LogP contribution in [0.25, 0.3) is 0 Å². The molecule has 2 fully saturated rings. The molecule has 2 aromatic rings. The van der Waals surface area contributed by atoms with E-state index in [0.29, 0.717) is 23.7 Å². The van der Waals surface area contributed by atoms with Crippen LogP contribution in [-0.4, -0.2) is 52.2 Å². The molecule has 0 spiro atoms. The lowest BCUT2D eigenvalue weighted by Crippen LogP contribution is -2.47. The Bertz CT molecular complexity index is 961. The topological polar surface area (TPSA) is 75.5 Å². The molecule has 3 heterocycles. The predicted octanol–water partition coefficient (Wildman–Crippen LogP) is 2.38. The zero-order valence-corrected chi connectivity index (χ0v) is 17.9. The van der Waals surface area contributed by atoms with Crippen molar-refractivity contribution in [3.63, 3.8) is 0 Å². The number of thiophene rings is 1.